The molecule has 0 saturated carbocycles. The molecule has 76 valence electrons. The second-order valence-electron chi connectivity index (χ2n) is 4.04. The van der Waals surface area contributed by atoms with Crippen molar-refractivity contribution in [1.82, 2.24) is 4.98 Å². The van der Waals surface area contributed by atoms with Crippen LogP contribution >= 0.6 is 0 Å². The number of benzene rings is 1. The van der Waals surface area contributed by atoms with E-state index in [2.05, 4.69) is 36.7 Å². The van der Waals surface area contributed by atoms with Crippen LogP contribution in [0.2, 0.25) is 0 Å². The largest absolute Gasteiger partial charge is 0.253 e. The van der Waals surface area contributed by atoms with Crippen molar-refractivity contribution in [2.24, 2.45) is 0 Å². The van der Waals surface area contributed by atoms with Crippen molar-refractivity contribution in [2.75, 3.05) is 0 Å². The molecule has 0 N–H and O–H groups in total. The lowest BCUT2D eigenvalue weighted by Crippen LogP contribution is -1.91. The third-order valence-electron chi connectivity index (χ3n) is 2.71. The van der Waals surface area contributed by atoms with E-state index in [4.69, 9.17) is 0 Å². The molecule has 0 saturated heterocycles. The van der Waals surface area contributed by atoms with Gasteiger partial charge in [-0.3, -0.25) is 4.98 Å². The first-order valence-corrected chi connectivity index (χ1v) is 5.12. The molecule has 2 rings (SSSR count). The van der Waals surface area contributed by atoms with Gasteiger partial charge in [-0.05, 0) is 38.0 Å². The van der Waals surface area contributed by atoms with E-state index in [0.717, 1.165) is 16.8 Å². The number of allylic oxidation sites excluding steroid dienone is 1. The second-order valence-corrected chi connectivity index (χ2v) is 4.04. The molecule has 0 bridgehead atoms. The van der Waals surface area contributed by atoms with Gasteiger partial charge in [-0.1, -0.05) is 30.4 Å². The van der Waals surface area contributed by atoms with Gasteiger partial charge in [-0.15, -0.1) is 0 Å². The SMILES string of the molecule is C=C(C)c1ccc2ccc(C)nc2c1C. The average molecular weight is 197 g/mol. The lowest BCUT2D eigenvalue weighted by atomic mass is 9.99. The third-order valence-corrected chi connectivity index (χ3v) is 2.71. The maximum Gasteiger partial charge on any atom is 0.0740 e. The highest BCUT2D eigenvalue weighted by Crippen LogP contribution is 2.24. The van der Waals surface area contributed by atoms with Crippen LogP contribution in [0, 0.1) is 13.8 Å². The summed E-state index contributed by atoms with van der Waals surface area (Å²) in [5.41, 5.74) is 5.68. The zero-order valence-electron chi connectivity index (χ0n) is 9.46. The fourth-order valence-corrected chi connectivity index (χ4v) is 1.89. The fraction of sp³-hybridized carbons (Fsp3) is 0.214. The number of rotatable bonds is 1. The Hall–Kier alpha value is -1.63. The van der Waals surface area contributed by atoms with Crippen molar-refractivity contribution in [3.05, 3.63) is 47.7 Å². The number of hydrogen-bond acceptors (Lipinski definition) is 1. The number of pyridine rings is 1. The highest BCUT2D eigenvalue weighted by atomic mass is 14.7. The molecule has 1 aromatic heterocycles. The molecule has 0 aliphatic rings. The van der Waals surface area contributed by atoms with Gasteiger partial charge in [0.25, 0.3) is 0 Å². The van der Waals surface area contributed by atoms with Crippen LogP contribution in [0.4, 0.5) is 0 Å². The Morgan fingerprint density at radius 3 is 2.47 bits per heavy atom. The van der Waals surface area contributed by atoms with Gasteiger partial charge in [-0.2, -0.15) is 0 Å². The van der Waals surface area contributed by atoms with Crippen molar-refractivity contribution in [3.8, 4) is 0 Å². The minimum absolute atomic E-state index is 1.06. The number of aryl methyl sites for hydroxylation is 2. The Kier molecular flexibility index (Phi) is 2.31. The minimum Gasteiger partial charge on any atom is -0.253 e. The van der Waals surface area contributed by atoms with E-state index in [9.17, 15) is 0 Å². The van der Waals surface area contributed by atoms with Crippen molar-refractivity contribution < 1.29 is 0 Å². The van der Waals surface area contributed by atoms with E-state index in [1.54, 1.807) is 0 Å². The Labute approximate surface area is 90.5 Å². The summed E-state index contributed by atoms with van der Waals surface area (Å²) in [5.74, 6) is 0. The quantitative estimate of drug-likeness (QED) is 0.676. The predicted molar refractivity (Wildman–Crippen MR) is 65.9 cm³/mol. The minimum atomic E-state index is 1.06. The molecule has 0 aliphatic heterocycles. The van der Waals surface area contributed by atoms with Crippen LogP contribution in [-0.2, 0) is 0 Å². The summed E-state index contributed by atoms with van der Waals surface area (Å²) in [4.78, 5) is 4.58. The molecule has 0 atom stereocenters. The molecule has 0 unspecified atom stereocenters. The lowest BCUT2D eigenvalue weighted by molar-refractivity contribution is 1.24. The van der Waals surface area contributed by atoms with Crippen LogP contribution in [0.25, 0.3) is 16.5 Å². The van der Waals surface area contributed by atoms with Crippen LogP contribution in [-0.4, -0.2) is 4.98 Å². The van der Waals surface area contributed by atoms with E-state index < -0.39 is 0 Å². The molecule has 0 spiro atoms. The molecule has 0 radical (unpaired) electrons. The Morgan fingerprint density at radius 2 is 1.80 bits per heavy atom. The van der Waals surface area contributed by atoms with Gasteiger partial charge >= 0.3 is 0 Å². The summed E-state index contributed by atoms with van der Waals surface area (Å²) < 4.78 is 0. The van der Waals surface area contributed by atoms with Gasteiger partial charge < -0.3 is 0 Å². The van der Waals surface area contributed by atoms with Gasteiger partial charge in [0.05, 0.1) is 5.52 Å². The summed E-state index contributed by atoms with van der Waals surface area (Å²) in [5, 5.41) is 1.20. The van der Waals surface area contributed by atoms with Gasteiger partial charge in [0.2, 0.25) is 0 Å². The summed E-state index contributed by atoms with van der Waals surface area (Å²) in [6, 6.07) is 8.39. The van der Waals surface area contributed by atoms with Crippen LogP contribution in [0.1, 0.15) is 23.7 Å². The molecule has 0 fully saturated rings. The smallest absolute Gasteiger partial charge is 0.0740 e. The van der Waals surface area contributed by atoms with Crippen molar-refractivity contribution in [2.45, 2.75) is 20.8 Å². The summed E-state index contributed by atoms with van der Waals surface area (Å²) >= 11 is 0. The first kappa shape index (κ1) is 9.91. The second kappa shape index (κ2) is 3.50. The summed E-state index contributed by atoms with van der Waals surface area (Å²) in [6.07, 6.45) is 0. The number of nitrogens with zero attached hydrogens (tertiary/aromatic N) is 1. The Morgan fingerprint density at radius 1 is 1.13 bits per heavy atom. The van der Waals surface area contributed by atoms with Crippen LogP contribution in [0.3, 0.4) is 0 Å². The molecule has 1 heterocycles. The topological polar surface area (TPSA) is 12.9 Å². The predicted octanol–water partition coefficient (Wildman–Crippen LogP) is 3.88. The molecule has 0 amide bonds. The number of fused-ring (bicyclic) bond motifs is 1. The maximum absolute atomic E-state index is 4.58. The van der Waals surface area contributed by atoms with E-state index >= 15 is 0 Å². The van der Waals surface area contributed by atoms with Gasteiger partial charge in [0.1, 0.15) is 0 Å². The zero-order chi connectivity index (χ0) is 11.0. The number of hydrogen-bond donors (Lipinski definition) is 0. The monoisotopic (exact) mass is 197 g/mol. The van der Waals surface area contributed by atoms with E-state index in [1.807, 2.05) is 19.9 Å². The zero-order valence-corrected chi connectivity index (χ0v) is 9.46. The molecule has 0 aliphatic carbocycles. The van der Waals surface area contributed by atoms with Gasteiger partial charge in [0, 0.05) is 11.1 Å². The van der Waals surface area contributed by atoms with Crippen LogP contribution in [0.15, 0.2) is 30.8 Å². The lowest BCUT2D eigenvalue weighted by Gasteiger charge is -2.08. The molecule has 1 heteroatoms. The third kappa shape index (κ3) is 1.65. The van der Waals surface area contributed by atoms with E-state index in [1.165, 1.54) is 16.5 Å². The molecule has 15 heavy (non-hydrogen) atoms. The first-order chi connectivity index (χ1) is 7.09. The molecular weight excluding hydrogens is 182 g/mol. The molecule has 1 nitrogen and oxygen atoms in total. The fourth-order valence-electron chi connectivity index (χ4n) is 1.89. The summed E-state index contributed by atoms with van der Waals surface area (Å²) in [7, 11) is 0. The van der Waals surface area contributed by atoms with E-state index in [-0.39, 0.29) is 0 Å². The molecule has 2 aromatic rings. The highest BCUT2D eigenvalue weighted by molar-refractivity contribution is 5.86. The van der Waals surface area contributed by atoms with Crippen molar-refractivity contribution in [1.29, 1.82) is 0 Å². The molecule has 1 aromatic carbocycles. The summed E-state index contributed by atoms with van der Waals surface area (Å²) in [6.45, 7) is 10.1. The molecular formula is C14H15N. The van der Waals surface area contributed by atoms with Gasteiger partial charge in [-0.25, -0.2) is 0 Å². The van der Waals surface area contributed by atoms with Crippen molar-refractivity contribution >= 4 is 16.5 Å². The number of aromatic nitrogens is 1. The van der Waals surface area contributed by atoms with E-state index in [0.29, 0.717) is 0 Å². The van der Waals surface area contributed by atoms with Crippen LogP contribution < -0.4 is 0 Å². The average Bonchev–Trinajstić information content (AvgIpc) is 2.19. The first-order valence-electron chi connectivity index (χ1n) is 5.12. The maximum atomic E-state index is 4.58. The Balaban J connectivity index is 2.82. The normalized spacial score (nSPS) is 10.6. The van der Waals surface area contributed by atoms with Crippen LogP contribution in [0.5, 0.6) is 0 Å². The standard InChI is InChI=1S/C14H15N/c1-9(2)13-8-7-12-6-5-10(3)15-14(12)11(13)4/h5-8H,1H2,2-4H3. The Bertz CT molecular complexity index is 538. The van der Waals surface area contributed by atoms with Gasteiger partial charge in [0.15, 0.2) is 0 Å². The van der Waals surface area contributed by atoms with Crippen molar-refractivity contribution in [3.63, 3.8) is 0 Å². The highest BCUT2D eigenvalue weighted by Gasteiger charge is 2.05.